The van der Waals surface area contributed by atoms with Gasteiger partial charge in [-0.15, -0.1) is 0 Å². The number of aryl methyl sites for hydroxylation is 1. The van der Waals surface area contributed by atoms with Crippen molar-refractivity contribution in [3.63, 3.8) is 0 Å². The summed E-state index contributed by atoms with van der Waals surface area (Å²) in [7, 11) is -3.52. The van der Waals surface area contributed by atoms with Crippen molar-refractivity contribution in [3.8, 4) is 0 Å². The number of hydrogen-bond donors (Lipinski definition) is 2. The topological polar surface area (TPSA) is 94.3 Å². The van der Waals surface area contributed by atoms with Crippen LogP contribution in [-0.2, 0) is 14.8 Å². The molecule has 0 amide bonds. The van der Waals surface area contributed by atoms with Gasteiger partial charge in [-0.1, -0.05) is 18.3 Å². The molecule has 1 aliphatic heterocycles. The second kappa shape index (κ2) is 5.74. The average Bonchev–Trinajstić information content (AvgIpc) is 2.93. The van der Waals surface area contributed by atoms with Crippen LogP contribution in [-0.4, -0.2) is 32.7 Å². The molecule has 1 fully saturated rings. The number of nitrogens with zero attached hydrogens (tertiary/aromatic N) is 1. The SMILES string of the molecule is CCC1OCCC1CNS(=O)(=O)c1sc(N)nc1C. The molecule has 2 unspecified atom stereocenters. The lowest BCUT2D eigenvalue weighted by Crippen LogP contribution is -2.32. The maximum Gasteiger partial charge on any atom is 0.252 e. The number of aromatic nitrogens is 1. The van der Waals surface area contributed by atoms with Crippen LogP contribution in [0.25, 0.3) is 0 Å². The Bertz CT molecular complexity index is 541. The molecule has 0 aromatic carbocycles. The highest BCUT2D eigenvalue weighted by Gasteiger charge is 2.29. The van der Waals surface area contributed by atoms with E-state index in [1.54, 1.807) is 6.92 Å². The Morgan fingerprint density at radius 3 is 2.89 bits per heavy atom. The van der Waals surface area contributed by atoms with E-state index in [9.17, 15) is 8.42 Å². The third-order valence-corrected chi connectivity index (χ3v) is 6.32. The molecule has 8 heteroatoms. The van der Waals surface area contributed by atoms with E-state index < -0.39 is 10.0 Å². The third-order valence-electron chi connectivity index (χ3n) is 3.30. The summed E-state index contributed by atoms with van der Waals surface area (Å²) in [4.78, 5) is 3.94. The second-order valence-electron chi connectivity index (χ2n) is 4.64. The van der Waals surface area contributed by atoms with Crippen LogP contribution in [0.2, 0.25) is 0 Å². The summed E-state index contributed by atoms with van der Waals surface area (Å²) in [5.41, 5.74) is 5.98. The number of nitrogens with one attached hydrogen (secondary N) is 1. The van der Waals surface area contributed by atoms with E-state index >= 15 is 0 Å². The lowest BCUT2D eigenvalue weighted by atomic mass is 10.0. The zero-order chi connectivity index (χ0) is 14.0. The number of ether oxygens (including phenoxy) is 1. The van der Waals surface area contributed by atoms with Crippen LogP contribution in [0.1, 0.15) is 25.5 Å². The van der Waals surface area contributed by atoms with E-state index in [0.29, 0.717) is 18.8 Å². The van der Waals surface area contributed by atoms with E-state index in [0.717, 1.165) is 24.2 Å². The first-order chi connectivity index (χ1) is 8.94. The Labute approximate surface area is 117 Å². The van der Waals surface area contributed by atoms with Crippen molar-refractivity contribution in [1.82, 2.24) is 9.71 Å². The number of rotatable bonds is 5. The summed E-state index contributed by atoms with van der Waals surface area (Å²) in [5.74, 6) is 0.241. The Morgan fingerprint density at radius 1 is 1.58 bits per heavy atom. The summed E-state index contributed by atoms with van der Waals surface area (Å²) in [6, 6.07) is 0. The maximum absolute atomic E-state index is 12.2. The number of hydrogen-bond acceptors (Lipinski definition) is 6. The molecule has 0 radical (unpaired) electrons. The van der Waals surface area contributed by atoms with Gasteiger partial charge >= 0.3 is 0 Å². The summed E-state index contributed by atoms with van der Waals surface area (Å²) in [5, 5.41) is 0.272. The Kier molecular flexibility index (Phi) is 4.44. The van der Waals surface area contributed by atoms with Crippen molar-refractivity contribution in [1.29, 1.82) is 0 Å². The second-order valence-corrected chi connectivity index (χ2v) is 7.64. The summed E-state index contributed by atoms with van der Waals surface area (Å²) < 4.78 is 32.8. The summed E-state index contributed by atoms with van der Waals surface area (Å²) in [6.07, 6.45) is 1.94. The van der Waals surface area contributed by atoms with Gasteiger partial charge in [-0.05, 0) is 19.8 Å². The molecule has 2 heterocycles. The predicted molar refractivity (Wildman–Crippen MR) is 74.6 cm³/mol. The molecule has 1 aromatic rings. The van der Waals surface area contributed by atoms with Gasteiger partial charge in [0.05, 0.1) is 11.8 Å². The fraction of sp³-hybridized carbons (Fsp3) is 0.727. The van der Waals surface area contributed by atoms with Crippen molar-refractivity contribution in [2.45, 2.75) is 37.0 Å². The number of nitrogens with two attached hydrogens (primary N) is 1. The zero-order valence-electron chi connectivity index (χ0n) is 11.0. The first kappa shape index (κ1) is 14.7. The molecule has 2 rings (SSSR count). The van der Waals surface area contributed by atoms with E-state index in [4.69, 9.17) is 10.5 Å². The molecule has 108 valence electrons. The molecule has 0 aliphatic carbocycles. The molecule has 3 N–H and O–H groups in total. The zero-order valence-corrected chi connectivity index (χ0v) is 12.7. The highest BCUT2D eigenvalue weighted by molar-refractivity contribution is 7.91. The lowest BCUT2D eigenvalue weighted by Gasteiger charge is -2.16. The Hall–Kier alpha value is -0.700. The molecule has 19 heavy (non-hydrogen) atoms. The first-order valence-electron chi connectivity index (χ1n) is 6.28. The molecule has 1 saturated heterocycles. The van der Waals surface area contributed by atoms with Gasteiger partial charge in [-0.3, -0.25) is 0 Å². The quantitative estimate of drug-likeness (QED) is 0.850. The molecular formula is C11H19N3O3S2. The van der Waals surface area contributed by atoms with E-state index in [2.05, 4.69) is 9.71 Å². The van der Waals surface area contributed by atoms with Gasteiger partial charge < -0.3 is 10.5 Å². The smallest absolute Gasteiger partial charge is 0.252 e. The molecule has 1 aromatic heterocycles. The predicted octanol–water partition coefficient (Wildman–Crippen LogP) is 1.13. The summed E-state index contributed by atoms with van der Waals surface area (Å²) >= 11 is 0.995. The van der Waals surface area contributed by atoms with Crippen molar-refractivity contribution in [3.05, 3.63) is 5.69 Å². The molecule has 1 aliphatic rings. The van der Waals surface area contributed by atoms with Crippen molar-refractivity contribution < 1.29 is 13.2 Å². The van der Waals surface area contributed by atoms with Gasteiger partial charge in [0.2, 0.25) is 0 Å². The van der Waals surface area contributed by atoms with Crippen LogP contribution >= 0.6 is 11.3 Å². The fourth-order valence-corrected chi connectivity index (χ4v) is 4.75. The fourth-order valence-electron chi connectivity index (χ4n) is 2.31. The number of thiazole rings is 1. The Morgan fingerprint density at radius 2 is 2.32 bits per heavy atom. The molecule has 6 nitrogen and oxygen atoms in total. The minimum atomic E-state index is -3.52. The van der Waals surface area contributed by atoms with E-state index in [1.807, 2.05) is 6.92 Å². The highest BCUT2D eigenvalue weighted by atomic mass is 32.2. The van der Waals surface area contributed by atoms with Crippen LogP contribution in [0.15, 0.2) is 4.21 Å². The van der Waals surface area contributed by atoms with Gasteiger partial charge in [0.15, 0.2) is 9.34 Å². The Balaban J connectivity index is 2.04. The van der Waals surface area contributed by atoms with Gasteiger partial charge in [0.1, 0.15) is 0 Å². The van der Waals surface area contributed by atoms with Crippen LogP contribution in [0.5, 0.6) is 0 Å². The van der Waals surface area contributed by atoms with Crippen LogP contribution in [0.3, 0.4) is 0 Å². The van der Waals surface area contributed by atoms with Gasteiger partial charge in [0, 0.05) is 19.1 Å². The number of nitrogen functional groups attached to an aromatic ring is 1. The van der Waals surface area contributed by atoms with Crippen LogP contribution < -0.4 is 10.5 Å². The molecule has 0 bridgehead atoms. The minimum Gasteiger partial charge on any atom is -0.378 e. The number of sulfonamides is 1. The standard InChI is InChI=1S/C11H19N3O3S2/c1-3-9-8(4-5-17-9)6-13-19(15,16)10-7(2)14-11(12)18-10/h8-9,13H,3-6H2,1-2H3,(H2,12,14). The molecular weight excluding hydrogens is 286 g/mol. The van der Waals surface area contributed by atoms with Crippen molar-refractivity contribution in [2.24, 2.45) is 5.92 Å². The maximum atomic E-state index is 12.2. The average molecular weight is 305 g/mol. The third kappa shape index (κ3) is 3.25. The normalized spacial score (nSPS) is 23.9. The lowest BCUT2D eigenvalue weighted by molar-refractivity contribution is 0.0884. The first-order valence-corrected chi connectivity index (χ1v) is 8.58. The highest BCUT2D eigenvalue weighted by Crippen LogP contribution is 2.26. The van der Waals surface area contributed by atoms with Gasteiger partial charge in [-0.25, -0.2) is 18.1 Å². The van der Waals surface area contributed by atoms with Crippen molar-refractivity contribution in [2.75, 3.05) is 18.9 Å². The van der Waals surface area contributed by atoms with Gasteiger partial charge in [0.25, 0.3) is 10.0 Å². The summed E-state index contributed by atoms with van der Waals surface area (Å²) in [6.45, 7) is 4.80. The van der Waals surface area contributed by atoms with Gasteiger partial charge in [-0.2, -0.15) is 0 Å². The molecule has 0 spiro atoms. The van der Waals surface area contributed by atoms with Crippen LogP contribution in [0.4, 0.5) is 5.13 Å². The van der Waals surface area contributed by atoms with Crippen molar-refractivity contribution >= 4 is 26.5 Å². The van der Waals surface area contributed by atoms with Crippen LogP contribution in [0, 0.1) is 12.8 Å². The largest absolute Gasteiger partial charge is 0.378 e. The van der Waals surface area contributed by atoms with E-state index in [-0.39, 0.29) is 21.4 Å². The number of anilines is 1. The molecule has 2 atom stereocenters. The molecule has 0 saturated carbocycles. The van der Waals surface area contributed by atoms with E-state index in [1.165, 1.54) is 0 Å². The minimum absolute atomic E-state index is 0.148. The monoisotopic (exact) mass is 305 g/mol.